The number of aryl methyl sites for hydroxylation is 2. The van der Waals surface area contributed by atoms with Crippen molar-refractivity contribution in [2.75, 3.05) is 0 Å². The highest BCUT2D eigenvalue weighted by molar-refractivity contribution is 6.02. The van der Waals surface area contributed by atoms with Crippen LogP contribution in [0.5, 0.6) is 0 Å². The summed E-state index contributed by atoms with van der Waals surface area (Å²) in [4.78, 5) is 12.3. The lowest BCUT2D eigenvalue weighted by Crippen LogP contribution is -2.22. The maximum absolute atomic E-state index is 13.2. The molecule has 0 bridgehead atoms. The lowest BCUT2D eigenvalue weighted by Gasteiger charge is -2.14. The number of benzene rings is 1. The fourth-order valence-corrected chi connectivity index (χ4v) is 2.46. The van der Waals surface area contributed by atoms with Gasteiger partial charge in [0.2, 0.25) is 0 Å². The molecule has 0 spiro atoms. The number of ketones is 1. The molecule has 0 aromatic heterocycles. The molecule has 92 valence electrons. The molecule has 1 aliphatic rings. The van der Waals surface area contributed by atoms with Crippen molar-refractivity contribution in [3.8, 4) is 0 Å². The van der Waals surface area contributed by atoms with E-state index in [1.54, 1.807) is 13.8 Å². The van der Waals surface area contributed by atoms with Gasteiger partial charge in [-0.2, -0.15) is 0 Å². The van der Waals surface area contributed by atoms with Crippen molar-refractivity contribution in [3.63, 3.8) is 0 Å². The van der Waals surface area contributed by atoms with Gasteiger partial charge < -0.3 is 4.74 Å². The van der Waals surface area contributed by atoms with Crippen LogP contribution in [-0.2, 0) is 4.74 Å². The predicted molar refractivity (Wildman–Crippen MR) is 63.8 cm³/mol. The lowest BCUT2D eigenvalue weighted by atomic mass is 9.95. The first-order valence-electron chi connectivity index (χ1n) is 5.95. The quantitative estimate of drug-likeness (QED) is 0.737. The normalized spacial score (nSPS) is 24.0. The minimum absolute atomic E-state index is 0.00986. The summed E-state index contributed by atoms with van der Waals surface area (Å²) >= 11 is 0. The van der Waals surface area contributed by atoms with Crippen molar-refractivity contribution in [1.82, 2.24) is 0 Å². The molecule has 1 saturated heterocycles. The Balaban J connectivity index is 2.31. The zero-order valence-corrected chi connectivity index (χ0v) is 10.4. The van der Waals surface area contributed by atoms with Gasteiger partial charge in [0.15, 0.2) is 5.78 Å². The van der Waals surface area contributed by atoms with Gasteiger partial charge in [-0.05, 0) is 56.9 Å². The maximum atomic E-state index is 13.2. The van der Waals surface area contributed by atoms with Crippen LogP contribution in [0.2, 0.25) is 0 Å². The molecule has 1 aromatic carbocycles. The van der Waals surface area contributed by atoms with E-state index in [1.165, 1.54) is 12.1 Å². The summed E-state index contributed by atoms with van der Waals surface area (Å²) < 4.78 is 18.7. The number of hydrogen-bond donors (Lipinski definition) is 0. The van der Waals surface area contributed by atoms with Crippen LogP contribution in [0.1, 0.15) is 41.3 Å². The van der Waals surface area contributed by atoms with Gasteiger partial charge in [0.25, 0.3) is 0 Å². The molecule has 0 saturated carbocycles. The van der Waals surface area contributed by atoms with Gasteiger partial charge in [-0.1, -0.05) is 0 Å². The molecule has 0 amide bonds. The lowest BCUT2D eigenvalue weighted by molar-refractivity contribution is 0.0432. The molecule has 2 atom stereocenters. The van der Waals surface area contributed by atoms with Crippen LogP contribution < -0.4 is 0 Å². The number of rotatable bonds is 2. The Morgan fingerprint density at radius 1 is 1.29 bits per heavy atom. The van der Waals surface area contributed by atoms with Gasteiger partial charge >= 0.3 is 0 Å². The molecule has 2 nitrogen and oxygen atoms in total. The predicted octanol–water partition coefficient (Wildman–Crippen LogP) is 3.19. The Hall–Kier alpha value is -1.22. The maximum Gasteiger partial charge on any atom is 0.192 e. The van der Waals surface area contributed by atoms with Crippen LogP contribution in [0.4, 0.5) is 4.39 Å². The molecule has 2 rings (SSSR count). The number of hydrogen-bond acceptors (Lipinski definition) is 2. The van der Waals surface area contributed by atoms with Crippen molar-refractivity contribution in [2.24, 2.45) is 0 Å². The zero-order valence-electron chi connectivity index (χ0n) is 10.4. The summed E-state index contributed by atoms with van der Waals surface area (Å²) in [5.74, 6) is -0.304. The van der Waals surface area contributed by atoms with Crippen molar-refractivity contribution >= 4 is 5.78 Å². The molecule has 17 heavy (non-hydrogen) atoms. The van der Waals surface area contributed by atoms with Crippen LogP contribution in [0.15, 0.2) is 12.1 Å². The van der Waals surface area contributed by atoms with E-state index >= 15 is 0 Å². The van der Waals surface area contributed by atoms with Gasteiger partial charge in [-0.25, -0.2) is 4.39 Å². The van der Waals surface area contributed by atoms with E-state index in [-0.39, 0.29) is 23.8 Å². The largest absolute Gasteiger partial charge is 0.367 e. The molecular formula is C14H17FO2. The number of carbonyl (C=O) groups excluding carboxylic acids is 1. The highest BCUT2D eigenvalue weighted by atomic mass is 19.1. The van der Waals surface area contributed by atoms with E-state index in [1.807, 2.05) is 6.92 Å². The summed E-state index contributed by atoms with van der Waals surface area (Å²) in [6, 6.07) is 2.80. The first kappa shape index (κ1) is 12.2. The fourth-order valence-electron chi connectivity index (χ4n) is 2.46. The molecule has 1 aliphatic heterocycles. The summed E-state index contributed by atoms with van der Waals surface area (Å²) in [5.41, 5.74) is 2.00. The minimum atomic E-state index is -0.354. The van der Waals surface area contributed by atoms with Gasteiger partial charge in [0.05, 0.1) is 6.10 Å². The smallest absolute Gasteiger partial charge is 0.192 e. The third kappa shape index (κ3) is 2.39. The summed E-state index contributed by atoms with van der Waals surface area (Å²) in [6.45, 7) is 5.50. The van der Waals surface area contributed by atoms with Crippen LogP contribution in [-0.4, -0.2) is 18.0 Å². The van der Waals surface area contributed by atoms with Gasteiger partial charge in [-0.15, -0.1) is 0 Å². The molecule has 0 radical (unpaired) electrons. The van der Waals surface area contributed by atoms with Crippen LogP contribution in [0.25, 0.3) is 0 Å². The van der Waals surface area contributed by atoms with E-state index < -0.39 is 0 Å². The summed E-state index contributed by atoms with van der Waals surface area (Å²) in [6.07, 6.45) is 1.46. The fraction of sp³-hybridized carbons (Fsp3) is 0.500. The van der Waals surface area contributed by atoms with E-state index in [4.69, 9.17) is 4.74 Å². The van der Waals surface area contributed by atoms with Crippen LogP contribution >= 0.6 is 0 Å². The van der Waals surface area contributed by atoms with Gasteiger partial charge in [0, 0.05) is 5.56 Å². The van der Waals surface area contributed by atoms with E-state index in [0.29, 0.717) is 16.7 Å². The standard InChI is InChI=1S/C14H17FO2/c1-8-6-11(15)7-9(2)13(8)14(16)12-5-4-10(3)17-12/h6-7,10,12H,4-5H2,1-3H3. The number of ether oxygens (including phenoxy) is 1. The van der Waals surface area contributed by atoms with Gasteiger partial charge in [0.1, 0.15) is 11.9 Å². The second-order valence-corrected chi connectivity index (χ2v) is 4.79. The van der Waals surface area contributed by atoms with E-state index in [9.17, 15) is 9.18 Å². The summed E-state index contributed by atoms with van der Waals surface area (Å²) in [5, 5.41) is 0. The number of carbonyl (C=O) groups is 1. The average molecular weight is 236 g/mol. The van der Waals surface area contributed by atoms with Crippen molar-refractivity contribution < 1.29 is 13.9 Å². The van der Waals surface area contributed by atoms with Crippen molar-refractivity contribution in [1.29, 1.82) is 0 Å². The molecular weight excluding hydrogens is 219 g/mol. The topological polar surface area (TPSA) is 26.3 Å². The Morgan fingerprint density at radius 2 is 1.88 bits per heavy atom. The van der Waals surface area contributed by atoms with E-state index in [2.05, 4.69) is 0 Å². The molecule has 2 unspecified atom stereocenters. The molecule has 1 aromatic rings. The third-order valence-corrected chi connectivity index (χ3v) is 3.27. The molecule has 3 heteroatoms. The van der Waals surface area contributed by atoms with Crippen LogP contribution in [0, 0.1) is 19.7 Å². The molecule has 0 aliphatic carbocycles. The minimum Gasteiger partial charge on any atom is -0.367 e. The third-order valence-electron chi connectivity index (χ3n) is 3.27. The highest BCUT2D eigenvalue weighted by Gasteiger charge is 2.30. The average Bonchev–Trinajstić information content (AvgIpc) is 2.63. The first-order chi connectivity index (χ1) is 7.99. The Kier molecular flexibility index (Phi) is 3.29. The van der Waals surface area contributed by atoms with Crippen molar-refractivity contribution in [3.05, 3.63) is 34.6 Å². The summed E-state index contributed by atoms with van der Waals surface area (Å²) in [7, 11) is 0. The second kappa shape index (κ2) is 4.57. The van der Waals surface area contributed by atoms with E-state index in [0.717, 1.165) is 12.8 Å². The molecule has 1 heterocycles. The molecule has 1 fully saturated rings. The van der Waals surface area contributed by atoms with Crippen LogP contribution in [0.3, 0.4) is 0 Å². The van der Waals surface area contributed by atoms with Gasteiger partial charge in [-0.3, -0.25) is 4.79 Å². The number of Topliss-reactive ketones (excluding diaryl/α,β-unsaturated/α-hetero) is 1. The SMILES string of the molecule is Cc1cc(F)cc(C)c1C(=O)C1CCC(C)O1. The first-order valence-corrected chi connectivity index (χ1v) is 5.95. The Bertz CT molecular complexity index is 431. The Labute approximate surface area is 101 Å². The Morgan fingerprint density at radius 3 is 2.35 bits per heavy atom. The van der Waals surface area contributed by atoms with Crippen molar-refractivity contribution in [2.45, 2.75) is 45.8 Å². The second-order valence-electron chi connectivity index (χ2n) is 4.79. The molecule has 0 N–H and O–H groups in total. The zero-order chi connectivity index (χ0) is 12.6. The highest BCUT2D eigenvalue weighted by Crippen LogP contribution is 2.25. The number of halogens is 1. The monoisotopic (exact) mass is 236 g/mol.